The minimum absolute atomic E-state index is 0.127. The molecule has 1 fully saturated rings. The van der Waals surface area contributed by atoms with Crippen molar-refractivity contribution in [2.45, 2.75) is 123 Å². The molecule has 27 heavy (non-hydrogen) atoms. The number of esters is 1. The summed E-state index contributed by atoms with van der Waals surface area (Å²) in [6.45, 7) is 5.60. The van der Waals surface area contributed by atoms with Crippen LogP contribution in [0.4, 0.5) is 0 Å². The molecule has 1 aliphatic rings. The highest BCUT2D eigenvalue weighted by Crippen LogP contribution is 2.20. The molecule has 1 heterocycles. The van der Waals surface area contributed by atoms with Crippen molar-refractivity contribution in [1.82, 2.24) is 4.90 Å². The third-order valence-electron chi connectivity index (χ3n) is 5.58. The summed E-state index contributed by atoms with van der Waals surface area (Å²) in [6.07, 6.45) is 18.1. The van der Waals surface area contributed by atoms with E-state index in [0.29, 0.717) is 19.6 Å². The van der Waals surface area contributed by atoms with Crippen LogP contribution in [0.3, 0.4) is 0 Å². The lowest BCUT2D eigenvalue weighted by Gasteiger charge is -2.23. The fourth-order valence-corrected chi connectivity index (χ4v) is 3.84. The molecule has 0 aliphatic carbocycles. The predicted octanol–water partition coefficient (Wildman–Crippen LogP) is 6.02. The molecule has 0 bridgehead atoms. The Morgan fingerprint density at radius 1 is 0.815 bits per heavy atom. The second-order valence-electron chi connectivity index (χ2n) is 8.05. The molecule has 0 N–H and O–H groups in total. The molecular formula is C23H43NO3. The number of likely N-dealkylation sites (tertiary alicyclic amines) is 1. The Labute approximate surface area is 167 Å². The maximum atomic E-state index is 12.3. The van der Waals surface area contributed by atoms with Gasteiger partial charge in [0.1, 0.15) is 6.04 Å². The van der Waals surface area contributed by atoms with Crippen LogP contribution in [0.2, 0.25) is 0 Å². The maximum Gasteiger partial charge on any atom is 0.328 e. The van der Waals surface area contributed by atoms with Gasteiger partial charge < -0.3 is 9.64 Å². The third-order valence-corrected chi connectivity index (χ3v) is 5.58. The quantitative estimate of drug-likeness (QED) is 0.242. The molecule has 4 heteroatoms. The minimum atomic E-state index is -0.331. The summed E-state index contributed by atoms with van der Waals surface area (Å²) in [5.41, 5.74) is 0. The normalized spacial score (nSPS) is 16.7. The molecule has 1 aliphatic heterocycles. The zero-order valence-corrected chi connectivity index (χ0v) is 18.0. The molecule has 0 spiro atoms. The van der Waals surface area contributed by atoms with E-state index < -0.39 is 0 Å². The van der Waals surface area contributed by atoms with Crippen molar-refractivity contribution < 1.29 is 14.3 Å². The maximum absolute atomic E-state index is 12.3. The summed E-state index contributed by atoms with van der Waals surface area (Å²) in [5.74, 6) is -0.0610. The Morgan fingerprint density at radius 3 is 2.00 bits per heavy atom. The van der Waals surface area contributed by atoms with Gasteiger partial charge in [-0.25, -0.2) is 4.79 Å². The van der Waals surface area contributed by atoms with Gasteiger partial charge in [-0.05, 0) is 25.7 Å². The van der Waals surface area contributed by atoms with Crippen LogP contribution >= 0.6 is 0 Å². The van der Waals surface area contributed by atoms with E-state index in [9.17, 15) is 9.59 Å². The molecule has 0 saturated carbocycles. The van der Waals surface area contributed by atoms with E-state index in [1.54, 1.807) is 4.90 Å². The van der Waals surface area contributed by atoms with E-state index in [4.69, 9.17) is 4.74 Å². The number of carbonyl (C=O) groups excluding carboxylic acids is 2. The lowest BCUT2D eigenvalue weighted by atomic mass is 10.1. The van der Waals surface area contributed by atoms with Gasteiger partial charge in [0, 0.05) is 13.0 Å². The SMILES string of the molecule is CCCCCCCCCCCCOC(=O)C1CCCN1C(=O)CCCCC. The summed E-state index contributed by atoms with van der Waals surface area (Å²) in [6, 6.07) is -0.331. The van der Waals surface area contributed by atoms with Gasteiger partial charge in [-0.3, -0.25) is 4.79 Å². The lowest BCUT2D eigenvalue weighted by molar-refractivity contribution is -0.153. The first-order chi connectivity index (χ1) is 13.2. The molecule has 158 valence electrons. The molecule has 1 unspecified atom stereocenters. The van der Waals surface area contributed by atoms with E-state index in [-0.39, 0.29) is 17.9 Å². The fraction of sp³-hybridized carbons (Fsp3) is 0.913. The van der Waals surface area contributed by atoms with Crippen LogP contribution in [0.5, 0.6) is 0 Å². The van der Waals surface area contributed by atoms with E-state index in [1.807, 2.05) is 0 Å². The average Bonchev–Trinajstić information content (AvgIpc) is 3.16. The number of hydrogen-bond donors (Lipinski definition) is 0. The third kappa shape index (κ3) is 10.8. The van der Waals surface area contributed by atoms with E-state index in [2.05, 4.69) is 13.8 Å². The van der Waals surface area contributed by atoms with Gasteiger partial charge in [0.15, 0.2) is 0 Å². The predicted molar refractivity (Wildman–Crippen MR) is 112 cm³/mol. The molecule has 4 nitrogen and oxygen atoms in total. The monoisotopic (exact) mass is 381 g/mol. The van der Waals surface area contributed by atoms with E-state index in [1.165, 1.54) is 51.4 Å². The van der Waals surface area contributed by atoms with Gasteiger partial charge in [-0.15, -0.1) is 0 Å². The zero-order valence-electron chi connectivity index (χ0n) is 18.0. The van der Waals surface area contributed by atoms with Crippen LogP contribution in [0.15, 0.2) is 0 Å². The van der Waals surface area contributed by atoms with Crippen LogP contribution in [0, 0.1) is 0 Å². The van der Waals surface area contributed by atoms with Crippen molar-refractivity contribution >= 4 is 11.9 Å². The van der Waals surface area contributed by atoms with Gasteiger partial charge in [-0.2, -0.15) is 0 Å². The van der Waals surface area contributed by atoms with Crippen LogP contribution in [-0.2, 0) is 14.3 Å². The number of nitrogens with zero attached hydrogens (tertiary/aromatic N) is 1. The number of amides is 1. The van der Waals surface area contributed by atoms with Crippen molar-refractivity contribution in [1.29, 1.82) is 0 Å². The van der Waals surface area contributed by atoms with Gasteiger partial charge >= 0.3 is 5.97 Å². The van der Waals surface area contributed by atoms with Crippen molar-refractivity contribution in [3.05, 3.63) is 0 Å². The molecule has 1 rings (SSSR count). The first kappa shape index (κ1) is 24.0. The van der Waals surface area contributed by atoms with E-state index >= 15 is 0 Å². The van der Waals surface area contributed by atoms with Crippen LogP contribution in [-0.4, -0.2) is 36.0 Å². The Hall–Kier alpha value is -1.06. The summed E-state index contributed by atoms with van der Waals surface area (Å²) in [4.78, 5) is 26.4. The number of unbranched alkanes of at least 4 members (excludes halogenated alkanes) is 11. The smallest absolute Gasteiger partial charge is 0.328 e. The minimum Gasteiger partial charge on any atom is -0.464 e. The molecule has 0 aromatic rings. The average molecular weight is 382 g/mol. The van der Waals surface area contributed by atoms with Crippen molar-refractivity contribution in [2.75, 3.05) is 13.2 Å². The van der Waals surface area contributed by atoms with Gasteiger partial charge in [0.25, 0.3) is 0 Å². The topological polar surface area (TPSA) is 46.6 Å². The second kappa shape index (κ2) is 15.9. The Morgan fingerprint density at radius 2 is 1.37 bits per heavy atom. The number of carbonyl (C=O) groups is 2. The summed E-state index contributed by atoms with van der Waals surface area (Å²) in [7, 11) is 0. The molecular weight excluding hydrogens is 338 g/mol. The fourth-order valence-electron chi connectivity index (χ4n) is 3.84. The highest BCUT2D eigenvalue weighted by Gasteiger charge is 2.34. The zero-order chi connectivity index (χ0) is 19.7. The molecule has 0 radical (unpaired) electrons. The molecule has 0 aromatic carbocycles. The van der Waals surface area contributed by atoms with Crippen molar-refractivity contribution in [3.63, 3.8) is 0 Å². The first-order valence-corrected chi connectivity index (χ1v) is 11.7. The lowest BCUT2D eigenvalue weighted by Crippen LogP contribution is -2.41. The highest BCUT2D eigenvalue weighted by atomic mass is 16.5. The standard InChI is InChI=1S/C23H43NO3/c1-3-5-7-8-9-10-11-12-13-15-20-27-23(26)21-17-16-19-24(21)22(25)18-14-6-4-2/h21H,3-20H2,1-2H3. The van der Waals surface area contributed by atoms with Crippen LogP contribution < -0.4 is 0 Å². The summed E-state index contributed by atoms with van der Waals surface area (Å²) >= 11 is 0. The Kier molecular flexibility index (Phi) is 14.2. The number of ether oxygens (including phenoxy) is 1. The summed E-state index contributed by atoms with van der Waals surface area (Å²) < 4.78 is 5.47. The molecule has 0 aromatic heterocycles. The van der Waals surface area contributed by atoms with Gasteiger partial charge in [0.05, 0.1) is 6.61 Å². The van der Waals surface area contributed by atoms with Crippen LogP contribution in [0.1, 0.15) is 117 Å². The molecule has 1 amide bonds. The molecule has 1 atom stereocenters. The summed E-state index contributed by atoms with van der Waals surface area (Å²) in [5, 5.41) is 0. The van der Waals surface area contributed by atoms with Crippen molar-refractivity contribution in [3.8, 4) is 0 Å². The largest absolute Gasteiger partial charge is 0.464 e. The van der Waals surface area contributed by atoms with Gasteiger partial charge in [-0.1, -0.05) is 84.5 Å². The van der Waals surface area contributed by atoms with Crippen molar-refractivity contribution in [2.24, 2.45) is 0 Å². The van der Waals surface area contributed by atoms with Crippen LogP contribution in [0.25, 0.3) is 0 Å². The van der Waals surface area contributed by atoms with E-state index in [0.717, 1.165) is 44.9 Å². The second-order valence-corrected chi connectivity index (χ2v) is 8.05. The number of hydrogen-bond acceptors (Lipinski definition) is 3. The first-order valence-electron chi connectivity index (χ1n) is 11.7. The Balaban J connectivity index is 2.06. The van der Waals surface area contributed by atoms with Gasteiger partial charge in [0.2, 0.25) is 5.91 Å². The Bertz CT molecular complexity index is 397. The number of rotatable bonds is 16. The molecule has 1 saturated heterocycles. The highest BCUT2D eigenvalue weighted by molar-refractivity contribution is 5.85.